The van der Waals surface area contributed by atoms with Crippen molar-refractivity contribution >= 4 is 10.9 Å². The first-order valence-electron chi connectivity index (χ1n) is 9.63. The van der Waals surface area contributed by atoms with Gasteiger partial charge in [-0.25, -0.2) is 0 Å². The number of aryl methyl sites for hydroxylation is 1. The summed E-state index contributed by atoms with van der Waals surface area (Å²) in [5.41, 5.74) is 6.18. The van der Waals surface area contributed by atoms with Crippen molar-refractivity contribution in [3.8, 4) is 5.75 Å². The van der Waals surface area contributed by atoms with Crippen molar-refractivity contribution in [3.05, 3.63) is 101 Å². The highest BCUT2D eigenvalue weighted by atomic mass is 16.5. The topological polar surface area (TPSA) is 28.3 Å². The molecule has 3 heteroatoms. The van der Waals surface area contributed by atoms with Gasteiger partial charge in [0.1, 0.15) is 12.4 Å². The van der Waals surface area contributed by atoms with Gasteiger partial charge >= 0.3 is 0 Å². The molecule has 4 aromatic rings. The number of ether oxygens (including phenoxy) is 1. The van der Waals surface area contributed by atoms with E-state index in [0.29, 0.717) is 6.61 Å². The van der Waals surface area contributed by atoms with Crippen molar-refractivity contribution < 1.29 is 4.74 Å². The van der Waals surface area contributed by atoms with Gasteiger partial charge in [0.15, 0.2) is 0 Å². The first-order valence-corrected chi connectivity index (χ1v) is 9.63. The number of aromatic nitrogens is 1. The predicted octanol–water partition coefficient (Wildman–Crippen LogP) is 5.71. The lowest BCUT2D eigenvalue weighted by atomic mass is 9.94. The van der Waals surface area contributed by atoms with E-state index in [4.69, 9.17) is 4.74 Å². The van der Waals surface area contributed by atoms with E-state index in [1.54, 1.807) is 0 Å². The summed E-state index contributed by atoms with van der Waals surface area (Å²) in [7, 11) is 4.26. The molecule has 1 N–H and O–H groups in total. The molecule has 28 heavy (non-hydrogen) atoms. The minimum atomic E-state index is 0.180. The Labute approximate surface area is 166 Å². The van der Waals surface area contributed by atoms with E-state index in [1.165, 1.54) is 27.6 Å². The molecule has 0 aliphatic rings. The molecule has 0 saturated heterocycles. The maximum atomic E-state index is 6.07. The van der Waals surface area contributed by atoms with E-state index >= 15 is 0 Å². The third kappa shape index (κ3) is 3.67. The number of rotatable bonds is 6. The molecule has 4 rings (SSSR count). The van der Waals surface area contributed by atoms with Crippen molar-refractivity contribution in [2.75, 3.05) is 14.1 Å². The van der Waals surface area contributed by atoms with Gasteiger partial charge < -0.3 is 9.72 Å². The third-order valence-corrected chi connectivity index (χ3v) is 5.23. The van der Waals surface area contributed by atoms with E-state index in [9.17, 15) is 0 Å². The number of nitrogens with zero attached hydrogens (tertiary/aromatic N) is 1. The second-order valence-electron chi connectivity index (χ2n) is 7.45. The first-order chi connectivity index (χ1) is 13.6. The summed E-state index contributed by atoms with van der Waals surface area (Å²) in [5, 5.41) is 1.20. The number of H-pyrrole nitrogens is 1. The van der Waals surface area contributed by atoms with E-state index < -0.39 is 0 Å². The van der Waals surface area contributed by atoms with Crippen LogP contribution in [0, 0.1) is 6.92 Å². The van der Waals surface area contributed by atoms with Gasteiger partial charge in [-0.15, -0.1) is 0 Å². The van der Waals surface area contributed by atoms with Crippen molar-refractivity contribution in [2.24, 2.45) is 0 Å². The van der Waals surface area contributed by atoms with Gasteiger partial charge in [-0.1, -0.05) is 54.6 Å². The van der Waals surface area contributed by atoms with E-state index in [2.05, 4.69) is 85.6 Å². The molecule has 1 heterocycles. The Morgan fingerprint density at radius 1 is 0.893 bits per heavy atom. The molecule has 1 atom stereocenters. The van der Waals surface area contributed by atoms with Gasteiger partial charge in [-0.05, 0) is 61.5 Å². The summed E-state index contributed by atoms with van der Waals surface area (Å²) >= 11 is 0. The fourth-order valence-electron chi connectivity index (χ4n) is 3.80. The maximum absolute atomic E-state index is 6.07. The normalized spacial score (nSPS) is 12.4. The van der Waals surface area contributed by atoms with Crippen LogP contribution in [-0.4, -0.2) is 24.0 Å². The third-order valence-electron chi connectivity index (χ3n) is 5.23. The highest BCUT2D eigenvalue weighted by molar-refractivity contribution is 5.85. The molecule has 0 amide bonds. The Balaban J connectivity index is 1.69. The van der Waals surface area contributed by atoms with Crippen LogP contribution >= 0.6 is 0 Å². The van der Waals surface area contributed by atoms with Crippen LogP contribution in [-0.2, 0) is 6.61 Å². The molecule has 1 aromatic heterocycles. The van der Waals surface area contributed by atoms with Crippen LogP contribution in [0.3, 0.4) is 0 Å². The number of benzene rings is 3. The van der Waals surface area contributed by atoms with Gasteiger partial charge in [0, 0.05) is 17.1 Å². The Bertz CT molecular complexity index is 1070. The van der Waals surface area contributed by atoms with Crippen molar-refractivity contribution in [2.45, 2.75) is 19.6 Å². The Hall–Kier alpha value is -3.04. The lowest BCUT2D eigenvalue weighted by Gasteiger charge is -2.26. The highest BCUT2D eigenvalue weighted by Crippen LogP contribution is 2.35. The first kappa shape index (κ1) is 18.3. The van der Waals surface area contributed by atoms with Crippen molar-refractivity contribution in [1.29, 1.82) is 0 Å². The van der Waals surface area contributed by atoms with Crippen molar-refractivity contribution in [3.63, 3.8) is 0 Å². The van der Waals surface area contributed by atoms with Crippen LogP contribution < -0.4 is 4.74 Å². The number of fused-ring (bicyclic) bond motifs is 1. The molecule has 0 spiro atoms. The maximum Gasteiger partial charge on any atom is 0.120 e. The average Bonchev–Trinajstić information content (AvgIpc) is 3.12. The van der Waals surface area contributed by atoms with E-state index in [1.807, 2.05) is 24.3 Å². The van der Waals surface area contributed by atoms with E-state index in [0.717, 1.165) is 11.3 Å². The zero-order valence-electron chi connectivity index (χ0n) is 16.6. The smallest absolute Gasteiger partial charge is 0.120 e. The van der Waals surface area contributed by atoms with Crippen LogP contribution in [0.1, 0.15) is 28.3 Å². The Morgan fingerprint density at radius 2 is 1.64 bits per heavy atom. The number of hydrogen-bond donors (Lipinski definition) is 1. The minimum absolute atomic E-state index is 0.180. The second kappa shape index (κ2) is 7.91. The SMILES string of the molecule is Cc1ccccc1C(c1c[nH]c2ccc(OCc3ccccc3)cc12)N(C)C. The van der Waals surface area contributed by atoms with Gasteiger partial charge in [-0.2, -0.15) is 0 Å². The highest BCUT2D eigenvalue weighted by Gasteiger charge is 2.21. The molecule has 3 aromatic carbocycles. The quantitative estimate of drug-likeness (QED) is 0.471. The lowest BCUT2D eigenvalue weighted by molar-refractivity contribution is 0.306. The molecule has 142 valence electrons. The summed E-state index contributed by atoms with van der Waals surface area (Å²) in [6.45, 7) is 2.75. The zero-order chi connectivity index (χ0) is 19.5. The summed E-state index contributed by atoms with van der Waals surface area (Å²) in [5.74, 6) is 0.888. The van der Waals surface area contributed by atoms with Gasteiger partial charge in [0.25, 0.3) is 0 Å². The van der Waals surface area contributed by atoms with Gasteiger partial charge in [0.2, 0.25) is 0 Å². The average molecular weight is 370 g/mol. The molecule has 0 bridgehead atoms. The van der Waals surface area contributed by atoms with Gasteiger partial charge in [0.05, 0.1) is 6.04 Å². The van der Waals surface area contributed by atoms with Crippen LogP contribution in [0.2, 0.25) is 0 Å². The van der Waals surface area contributed by atoms with Crippen molar-refractivity contribution in [1.82, 2.24) is 9.88 Å². The summed E-state index contributed by atoms with van der Waals surface area (Å²) in [6, 6.07) is 25.3. The second-order valence-corrected chi connectivity index (χ2v) is 7.45. The van der Waals surface area contributed by atoms with Crippen LogP contribution in [0.4, 0.5) is 0 Å². The Morgan fingerprint density at radius 3 is 2.39 bits per heavy atom. The molecule has 0 aliphatic heterocycles. The summed E-state index contributed by atoms with van der Waals surface area (Å²) < 4.78 is 6.07. The van der Waals surface area contributed by atoms with Crippen LogP contribution in [0.5, 0.6) is 5.75 Å². The molecular formula is C25H26N2O. The molecule has 3 nitrogen and oxygen atoms in total. The van der Waals surface area contributed by atoms with Crippen LogP contribution in [0.15, 0.2) is 79.0 Å². The molecule has 0 saturated carbocycles. The number of aromatic amines is 1. The molecular weight excluding hydrogens is 344 g/mol. The molecule has 1 unspecified atom stereocenters. The molecule has 0 fully saturated rings. The standard InChI is InChI=1S/C25H26N2O/c1-18-9-7-8-12-21(18)25(27(2)3)23-16-26-24-14-13-20(15-22(23)24)28-17-19-10-5-4-6-11-19/h4-16,25-26H,17H2,1-3H3. The van der Waals surface area contributed by atoms with Gasteiger partial charge in [-0.3, -0.25) is 4.90 Å². The zero-order valence-corrected chi connectivity index (χ0v) is 16.6. The monoisotopic (exact) mass is 370 g/mol. The largest absolute Gasteiger partial charge is 0.489 e. The van der Waals surface area contributed by atoms with E-state index in [-0.39, 0.29) is 6.04 Å². The predicted molar refractivity (Wildman–Crippen MR) is 116 cm³/mol. The Kier molecular flexibility index (Phi) is 5.18. The fourth-order valence-corrected chi connectivity index (χ4v) is 3.80. The number of hydrogen-bond acceptors (Lipinski definition) is 2. The number of nitrogens with one attached hydrogen (secondary N) is 1. The minimum Gasteiger partial charge on any atom is -0.489 e. The molecule has 0 aliphatic carbocycles. The fraction of sp³-hybridized carbons (Fsp3) is 0.200. The van der Waals surface area contributed by atoms with Crippen LogP contribution in [0.25, 0.3) is 10.9 Å². The molecule has 0 radical (unpaired) electrons. The summed E-state index contributed by atoms with van der Waals surface area (Å²) in [4.78, 5) is 5.70. The lowest BCUT2D eigenvalue weighted by Crippen LogP contribution is -2.21. The summed E-state index contributed by atoms with van der Waals surface area (Å²) in [6.07, 6.45) is 2.13.